The molecule has 0 atom stereocenters. The van der Waals surface area contributed by atoms with Gasteiger partial charge in [-0.2, -0.15) is 0 Å². The summed E-state index contributed by atoms with van der Waals surface area (Å²) in [5.74, 6) is -0.283. The summed E-state index contributed by atoms with van der Waals surface area (Å²) in [4.78, 5) is 25.4. The maximum Gasteiger partial charge on any atom is 0.244 e. The normalized spacial score (nSPS) is 15.3. The molecule has 1 fully saturated rings. The number of pyridine rings is 1. The molecule has 16 heavy (non-hydrogen) atoms. The summed E-state index contributed by atoms with van der Waals surface area (Å²) in [6.45, 7) is 0. The highest BCUT2D eigenvalue weighted by Gasteiger charge is 2.46. The highest BCUT2D eigenvalue weighted by molar-refractivity contribution is 5.99. The van der Waals surface area contributed by atoms with Crippen LogP contribution in [0.4, 0.5) is 5.69 Å². The van der Waals surface area contributed by atoms with Crippen molar-refractivity contribution in [2.24, 2.45) is 5.73 Å². The van der Waals surface area contributed by atoms with Gasteiger partial charge in [0.15, 0.2) is 0 Å². The monoisotopic (exact) mass is 265 g/mol. The first kappa shape index (κ1) is 15.0. The molecule has 7 heteroatoms. The Bertz CT molecular complexity index is 429. The van der Waals surface area contributed by atoms with Crippen LogP contribution >= 0.6 is 24.8 Å². The maximum atomic E-state index is 11.5. The Morgan fingerprint density at radius 2 is 2.06 bits per heavy atom. The van der Waals surface area contributed by atoms with Crippen molar-refractivity contribution in [1.29, 1.82) is 0 Å². The number of aromatic nitrogens is 1. The van der Waals surface area contributed by atoms with Crippen molar-refractivity contribution in [3.05, 3.63) is 28.7 Å². The van der Waals surface area contributed by atoms with Gasteiger partial charge in [-0.3, -0.25) is 9.59 Å². The topological polar surface area (TPSA) is 88.0 Å². The molecule has 1 aromatic heterocycles. The van der Waals surface area contributed by atoms with E-state index < -0.39 is 5.54 Å². The van der Waals surface area contributed by atoms with Gasteiger partial charge in [0, 0.05) is 18.5 Å². The lowest BCUT2D eigenvalue weighted by Gasteiger charge is -2.08. The Hall–Kier alpha value is -1.04. The van der Waals surface area contributed by atoms with Crippen LogP contribution in [0.15, 0.2) is 23.3 Å². The fourth-order valence-electron chi connectivity index (χ4n) is 1.12. The molecule has 90 valence electrons. The van der Waals surface area contributed by atoms with Crippen LogP contribution in [0.1, 0.15) is 12.8 Å². The van der Waals surface area contributed by atoms with E-state index >= 15 is 0 Å². The molecule has 0 radical (unpaired) electrons. The Labute approximate surface area is 105 Å². The molecule has 0 unspecified atom stereocenters. The number of nitrogens with two attached hydrogens (primary N) is 1. The molecular weight excluding hydrogens is 253 g/mol. The van der Waals surface area contributed by atoms with E-state index in [-0.39, 0.29) is 41.8 Å². The second-order valence-electron chi connectivity index (χ2n) is 3.53. The van der Waals surface area contributed by atoms with Gasteiger partial charge in [0.1, 0.15) is 5.69 Å². The number of halogens is 2. The van der Waals surface area contributed by atoms with E-state index in [0.29, 0.717) is 12.8 Å². The predicted molar refractivity (Wildman–Crippen MR) is 66.3 cm³/mol. The third kappa shape index (κ3) is 2.98. The minimum absolute atomic E-state index is 0. The molecule has 0 aliphatic heterocycles. The van der Waals surface area contributed by atoms with Gasteiger partial charge in [0.25, 0.3) is 0 Å². The van der Waals surface area contributed by atoms with Crippen LogP contribution in [0.3, 0.4) is 0 Å². The lowest BCUT2D eigenvalue weighted by atomic mass is 10.2. The summed E-state index contributed by atoms with van der Waals surface area (Å²) in [6.07, 6.45) is 4.33. The largest absolute Gasteiger partial charge is 0.366 e. The van der Waals surface area contributed by atoms with Crippen molar-refractivity contribution in [3.8, 4) is 0 Å². The van der Waals surface area contributed by atoms with Crippen LogP contribution in [0.25, 0.3) is 0 Å². The average molecular weight is 266 g/mol. The van der Waals surface area contributed by atoms with Crippen LogP contribution < -0.4 is 16.5 Å². The number of H-pyrrole nitrogens is 1. The number of amides is 1. The summed E-state index contributed by atoms with van der Waals surface area (Å²) >= 11 is 0. The highest BCUT2D eigenvalue weighted by Crippen LogP contribution is 2.32. The van der Waals surface area contributed by atoms with E-state index in [0.717, 1.165) is 0 Å². The van der Waals surface area contributed by atoms with Gasteiger partial charge in [-0.05, 0) is 12.8 Å². The van der Waals surface area contributed by atoms with E-state index in [4.69, 9.17) is 5.73 Å². The fraction of sp³-hybridized carbons (Fsp3) is 0.333. The molecule has 1 amide bonds. The third-order valence-electron chi connectivity index (χ3n) is 2.31. The van der Waals surface area contributed by atoms with Crippen molar-refractivity contribution in [1.82, 2.24) is 4.98 Å². The molecule has 1 saturated carbocycles. The van der Waals surface area contributed by atoms with Gasteiger partial charge in [0.2, 0.25) is 11.3 Å². The first-order valence-electron chi connectivity index (χ1n) is 4.39. The highest BCUT2D eigenvalue weighted by atomic mass is 35.5. The Balaban J connectivity index is 0.00000112. The number of carbonyl (C=O) groups excluding carboxylic acids is 1. The number of rotatable bonds is 2. The zero-order valence-electron chi connectivity index (χ0n) is 8.36. The lowest BCUT2D eigenvalue weighted by molar-refractivity contribution is -0.118. The van der Waals surface area contributed by atoms with Gasteiger partial charge in [0.05, 0.1) is 5.54 Å². The number of aromatic amines is 1. The van der Waals surface area contributed by atoms with Crippen molar-refractivity contribution in [2.45, 2.75) is 18.4 Å². The first-order chi connectivity index (χ1) is 6.62. The van der Waals surface area contributed by atoms with Crippen LogP contribution in [0.2, 0.25) is 0 Å². The average Bonchev–Trinajstić information content (AvgIpc) is 2.89. The number of anilines is 1. The van der Waals surface area contributed by atoms with Gasteiger partial charge >= 0.3 is 0 Å². The van der Waals surface area contributed by atoms with E-state index in [2.05, 4.69) is 10.3 Å². The molecule has 2 rings (SSSR count). The summed E-state index contributed by atoms with van der Waals surface area (Å²) in [7, 11) is 0. The molecule has 1 aliphatic rings. The predicted octanol–water partition coefficient (Wildman–Crippen LogP) is 0.648. The summed E-state index contributed by atoms with van der Waals surface area (Å²) < 4.78 is 0. The maximum absolute atomic E-state index is 11.5. The van der Waals surface area contributed by atoms with Gasteiger partial charge in [-0.25, -0.2) is 0 Å². The number of hydrogen-bond acceptors (Lipinski definition) is 3. The number of hydrogen-bond donors (Lipinski definition) is 3. The van der Waals surface area contributed by atoms with Crippen molar-refractivity contribution < 1.29 is 4.79 Å². The van der Waals surface area contributed by atoms with Crippen LogP contribution in [-0.2, 0) is 4.79 Å². The fourth-order valence-corrected chi connectivity index (χ4v) is 1.12. The standard InChI is InChI=1S/C9H11N3O2.2ClH/c10-9(2-3-9)8(14)12-6-5-11-4-1-7(6)13;;/h1,4-5H,2-3,10H2,(H,11,13)(H,12,14);2*1H. The molecule has 1 heterocycles. The second kappa shape index (κ2) is 5.34. The van der Waals surface area contributed by atoms with E-state index in [9.17, 15) is 9.59 Å². The van der Waals surface area contributed by atoms with Crippen LogP contribution in [-0.4, -0.2) is 16.4 Å². The SMILES string of the molecule is Cl.Cl.NC1(C(=O)Nc2c[nH]ccc2=O)CC1. The van der Waals surface area contributed by atoms with Gasteiger partial charge < -0.3 is 16.0 Å². The Kier molecular flexibility index (Phi) is 4.99. The summed E-state index contributed by atoms with van der Waals surface area (Å²) in [5.41, 5.74) is 4.94. The lowest BCUT2D eigenvalue weighted by Crippen LogP contribution is -2.38. The summed E-state index contributed by atoms with van der Waals surface area (Å²) in [5, 5.41) is 2.50. The zero-order chi connectivity index (χ0) is 10.2. The summed E-state index contributed by atoms with van der Waals surface area (Å²) in [6, 6.07) is 1.35. The third-order valence-corrected chi connectivity index (χ3v) is 2.31. The number of carbonyl (C=O) groups is 1. The van der Waals surface area contributed by atoms with Crippen molar-refractivity contribution in [2.75, 3.05) is 5.32 Å². The molecular formula is C9H13Cl2N3O2. The molecule has 1 aliphatic carbocycles. The van der Waals surface area contributed by atoms with E-state index in [1.54, 1.807) is 0 Å². The van der Waals surface area contributed by atoms with E-state index in [1.165, 1.54) is 18.5 Å². The molecule has 5 nitrogen and oxygen atoms in total. The first-order valence-corrected chi connectivity index (χ1v) is 4.39. The van der Waals surface area contributed by atoms with Crippen LogP contribution in [0, 0.1) is 0 Å². The van der Waals surface area contributed by atoms with Crippen LogP contribution in [0.5, 0.6) is 0 Å². The second-order valence-corrected chi connectivity index (χ2v) is 3.53. The molecule has 0 bridgehead atoms. The van der Waals surface area contributed by atoms with Crippen molar-refractivity contribution in [3.63, 3.8) is 0 Å². The van der Waals surface area contributed by atoms with E-state index in [1.807, 2.05) is 0 Å². The molecule has 0 spiro atoms. The minimum atomic E-state index is -0.748. The van der Waals surface area contributed by atoms with Crippen molar-refractivity contribution >= 4 is 36.4 Å². The quantitative estimate of drug-likeness (QED) is 0.734. The van der Waals surface area contributed by atoms with Gasteiger partial charge in [-0.1, -0.05) is 0 Å². The number of nitrogens with one attached hydrogen (secondary N) is 2. The minimum Gasteiger partial charge on any atom is -0.366 e. The zero-order valence-corrected chi connectivity index (χ0v) is 9.99. The molecule has 4 N–H and O–H groups in total. The molecule has 0 aromatic carbocycles. The van der Waals surface area contributed by atoms with Gasteiger partial charge in [-0.15, -0.1) is 24.8 Å². The Morgan fingerprint density at radius 1 is 1.44 bits per heavy atom. The Morgan fingerprint density at radius 3 is 2.56 bits per heavy atom. The molecule has 1 aromatic rings. The smallest absolute Gasteiger partial charge is 0.244 e. The molecule has 0 saturated heterocycles.